The zero-order valence-corrected chi connectivity index (χ0v) is 19.8. The number of nitrogens with one attached hydrogen (secondary N) is 1. The van der Waals surface area contributed by atoms with Crippen molar-refractivity contribution < 1.29 is 13.2 Å². The molecule has 1 aliphatic rings. The Morgan fingerprint density at radius 3 is 2.69 bits per heavy atom. The van der Waals surface area contributed by atoms with Gasteiger partial charge in [-0.05, 0) is 56.5 Å². The number of fused-ring (bicyclic) bond motifs is 1. The van der Waals surface area contributed by atoms with Crippen molar-refractivity contribution in [3.05, 3.63) is 63.9 Å². The van der Waals surface area contributed by atoms with Crippen molar-refractivity contribution in [3.8, 4) is 5.69 Å². The van der Waals surface area contributed by atoms with Crippen molar-refractivity contribution in [1.82, 2.24) is 14.9 Å². The van der Waals surface area contributed by atoms with Crippen molar-refractivity contribution in [2.45, 2.75) is 37.9 Å². The highest BCUT2D eigenvalue weighted by atomic mass is 32.2. The highest BCUT2D eigenvalue weighted by Crippen LogP contribution is 2.26. The number of hydrogen-bond donors (Lipinski definition) is 1. The Hall–Kier alpha value is -2.65. The molecule has 4 rings (SSSR count). The van der Waals surface area contributed by atoms with E-state index >= 15 is 0 Å². The number of sulfone groups is 1. The minimum absolute atomic E-state index is 0.0191. The molecule has 1 aromatic heterocycles. The lowest BCUT2D eigenvalue weighted by Crippen LogP contribution is -2.47. The van der Waals surface area contributed by atoms with Gasteiger partial charge in [0, 0.05) is 0 Å². The van der Waals surface area contributed by atoms with E-state index in [1.54, 1.807) is 29.7 Å². The number of hydrogen-bond acceptors (Lipinski definition) is 6. The molecule has 1 amide bonds. The Morgan fingerprint density at radius 2 is 1.97 bits per heavy atom. The number of aromatic nitrogens is 2. The lowest BCUT2D eigenvalue weighted by molar-refractivity contribution is -0.120. The third-order valence-corrected chi connectivity index (χ3v) is 8.47. The molecule has 1 atom stereocenters. The van der Waals surface area contributed by atoms with Crippen LogP contribution in [-0.4, -0.2) is 46.7 Å². The van der Waals surface area contributed by atoms with Crippen molar-refractivity contribution in [3.63, 3.8) is 0 Å². The van der Waals surface area contributed by atoms with Gasteiger partial charge in [-0.25, -0.2) is 13.4 Å². The van der Waals surface area contributed by atoms with Crippen molar-refractivity contribution >= 4 is 38.4 Å². The number of para-hydroxylation sites is 1. The lowest BCUT2D eigenvalue weighted by atomic mass is 10.0. The summed E-state index contributed by atoms with van der Waals surface area (Å²) in [5.74, 6) is -0.247. The van der Waals surface area contributed by atoms with Gasteiger partial charge in [-0.15, -0.1) is 0 Å². The lowest BCUT2D eigenvalue weighted by Gasteiger charge is -2.24. The van der Waals surface area contributed by atoms with Gasteiger partial charge in [0.1, 0.15) is 0 Å². The van der Waals surface area contributed by atoms with Crippen LogP contribution in [0.4, 0.5) is 0 Å². The normalized spacial score (nSPS) is 19.8. The molecule has 0 saturated carbocycles. The maximum atomic E-state index is 13.4. The van der Waals surface area contributed by atoms with Gasteiger partial charge >= 0.3 is 0 Å². The molecule has 2 heterocycles. The van der Waals surface area contributed by atoms with Crippen LogP contribution in [0.5, 0.6) is 0 Å². The molecule has 1 saturated heterocycles. The fourth-order valence-corrected chi connectivity index (χ4v) is 6.89. The number of carbonyl (C=O) groups excluding carboxylic acids is 1. The van der Waals surface area contributed by atoms with Crippen molar-refractivity contribution in [1.29, 1.82) is 0 Å². The minimum Gasteiger partial charge on any atom is -0.349 e. The number of aryl methyl sites for hydroxylation is 2. The highest BCUT2D eigenvalue weighted by Gasteiger charge is 2.39. The Bertz CT molecular complexity index is 1380. The number of thioether (sulfide) groups is 1. The first kappa shape index (κ1) is 22.5. The Morgan fingerprint density at radius 1 is 1.22 bits per heavy atom. The van der Waals surface area contributed by atoms with Gasteiger partial charge in [0.15, 0.2) is 15.0 Å². The zero-order chi connectivity index (χ0) is 23.1. The quantitative estimate of drug-likeness (QED) is 0.454. The first-order chi connectivity index (χ1) is 15.1. The standard InChI is InChI=1S/C23H25N3O4S2/c1-15-8-9-16(2)19(12-15)26-21(28)17-6-4-5-7-18(17)24-22(26)31-13-20(27)25-23(3)10-11-32(29,30)14-23/h4-9,12H,10-11,13-14H2,1-3H3,(H,25,27). The van der Waals surface area contributed by atoms with E-state index < -0.39 is 15.4 Å². The predicted octanol–water partition coefficient (Wildman–Crippen LogP) is 2.79. The predicted molar refractivity (Wildman–Crippen MR) is 127 cm³/mol. The van der Waals surface area contributed by atoms with E-state index in [4.69, 9.17) is 0 Å². The Kier molecular flexibility index (Phi) is 5.89. The zero-order valence-electron chi connectivity index (χ0n) is 18.2. The SMILES string of the molecule is Cc1ccc(C)c(-n2c(SCC(=O)NC3(C)CCS(=O)(=O)C3)nc3ccccc3c2=O)c1. The topological polar surface area (TPSA) is 98.1 Å². The largest absolute Gasteiger partial charge is 0.349 e. The number of benzene rings is 2. The van der Waals surface area contributed by atoms with Gasteiger partial charge in [-0.1, -0.05) is 36.0 Å². The van der Waals surface area contributed by atoms with Gasteiger partial charge in [-0.3, -0.25) is 14.2 Å². The monoisotopic (exact) mass is 471 g/mol. The fraction of sp³-hybridized carbons (Fsp3) is 0.348. The van der Waals surface area contributed by atoms with Crippen LogP contribution in [0.25, 0.3) is 16.6 Å². The Labute approximate surface area is 191 Å². The number of carbonyl (C=O) groups is 1. The van der Waals surface area contributed by atoms with Crippen LogP contribution < -0.4 is 10.9 Å². The van der Waals surface area contributed by atoms with Crippen LogP contribution in [0.15, 0.2) is 52.4 Å². The highest BCUT2D eigenvalue weighted by molar-refractivity contribution is 7.99. The third-order valence-electron chi connectivity index (χ3n) is 5.63. The molecule has 0 aliphatic carbocycles. The summed E-state index contributed by atoms with van der Waals surface area (Å²) in [7, 11) is -3.13. The second-order valence-electron chi connectivity index (χ2n) is 8.58. The molecule has 7 nitrogen and oxygen atoms in total. The molecule has 168 valence electrons. The summed E-state index contributed by atoms with van der Waals surface area (Å²) in [6.07, 6.45) is 0.396. The van der Waals surface area contributed by atoms with Gasteiger partial charge in [0.2, 0.25) is 5.91 Å². The molecule has 0 spiro atoms. The molecular weight excluding hydrogens is 446 g/mol. The van der Waals surface area contributed by atoms with Crippen LogP contribution in [-0.2, 0) is 14.6 Å². The molecule has 1 aliphatic heterocycles. The first-order valence-corrected chi connectivity index (χ1v) is 13.1. The average molecular weight is 472 g/mol. The van der Waals surface area contributed by atoms with Crippen molar-refractivity contribution in [2.24, 2.45) is 0 Å². The fourth-order valence-electron chi connectivity index (χ4n) is 3.99. The molecule has 2 aromatic carbocycles. The number of amides is 1. The van der Waals surface area contributed by atoms with E-state index in [0.717, 1.165) is 16.8 Å². The molecule has 1 unspecified atom stereocenters. The maximum Gasteiger partial charge on any atom is 0.266 e. The molecule has 32 heavy (non-hydrogen) atoms. The summed E-state index contributed by atoms with van der Waals surface area (Å²) in [6.45, 7) is 5.64. The van der Waals surface area contributed by atoms with Crippen LogP contribution in [0.1, 0.15) is 24.5 Å². The molecule has 1 fully saturated rings. The van der Waals surface area contributed by atoms with Crippen LogP contribution in [0, 0.1) is 13.8 Å². The summed E-state index contributed by atoms with van der Waals surface area (Å²) in [5, 5.41) is 3.78. The molecule has 9 heteroatoms. The molecular formula is C23H25N3O4S2. The smallest absolute Gasteiger partial charge is 0.266 e. The Balaban J connectivity index is 1.68. The molecule has 3 aromatic rings. The van der Waals surface area contributed by atoms with E-state index in [0.29, 0.717) is 22.5 Å². The average Bonchev–Trinajstić information content (AvgIpc) is 3.01. The number of nitrogens with zero attached hydrogens (tertiary/aromatic N) is 2. The van der Waals surface area contributed by atoms with E-state index in [2.05, 4.69) is 10.3 Å². The second kappa shape index (κ2) is 8.37. The summed E-state index contributed by atoms with van der Waals surface area (Å²) in [6, 6.07) is 13.0. The van der Waals surface area contributed by atoms with Crippen LogP contribution in [0.3, 0.4) is 0 Å². The summed E-state index contributed by atoms with van der Waals surface area (Å²) < 4.78 is 25.2. The van der Waals surface area contributed by atoms with E-state index in [1.165, 1.54) is 11.8 Å². The molecule has 1 N–H and O–H groups in total. The maximum absolute atomic E-state index is 13.4. The van der Waals surface area contributed by atoms with Gasteiger partial charge in [0.05, 0.1) is 39.4 Å². The van der Waals surface area contributed by atoms with Gasteiger partial charge < -0.3 is 5.32 Å². The van der Waals surface area contributed by atoms with E-state index in [9.17, 15) is 18.0 Å². The first-order valence-electron chi connectivity index (χ1n) is 10.3. The summed E-state index contributed by atoms with van der Waals surface area (Å²) in [5.41, 5.74) is 2.27. The molecule has 0 radical (unpaired) electrons. The van der Waals surface area contributed by atoms with Crippen molar-refractivity contribution in [2.75, 3.05) is 17.3 Å². The minimum atomic E-state index is -3.13. The summed E-state index contributed by atoms with van der Waals surface area (Å²) in [4.78, 5) is 30.7. The summed E-state index contributed by atoms with van der Waals surface area (Å²) >= 11 is 1.17. The van der Waals surface area contributed by atoms with Gasteiger partial charge in [0.25, 0.3) is 5.56 Å². The van der Waals surface area contributed by atoms with E-state index in [1.807, 2.05) is 38.1 Å². The van der Waals surface area contributed by atoms with Crippen LogP contribution >= 0.6 is 11.8 Å². The third kappa shape index (κ3) is 4.59. The molecule has 0 bridgehead atoms. The van der Waals surface area contributed by atoms with E-state index in [-0.39, 0.29) is 28.7 Å². The number of rotatable bonds is 5. The van der Waals surface area contributed by atoms with Crippen LogP contribution in [0.2, 0.25) is 0 Å². The second-order valence-corrected chi connectivity index (χ2v) is 11.7. The van der Waals surface area contributed by atoms with Gasteiger partial charge in [-0.2, -0.15) is 0 Å².